The number of carbonyl (C=O) groups is 1. The van der Waals surface area contributed by atoms with Gasteiger partial charge in [-0.2, -0.15) is 0 Å². The van der Waals surface area contributed by atoms with Crippen molar-refractivity contribution in [2.45, 2.75) is 13.8 Å². The molecule has 0 saturated heterocycles. The maximum absolute atomic E-state index is 13.2. The van der Waals surface area contributed by atoms with Crippen LogP contribution in [0.3, 0.4) is 0 Å². The van der Waals surface area contributed by atoms with Gasteiger partial charge in [0, 0.05) is 11.1 Å². The Morgan fingerprint density at radius 2 is 1.11 bits per heavy atom. The fourth-order valence-corrected chi connectivity index (χ4v) is 3.51. The summed E-state index contributed by atoms with van der Waals surface area (Å²) in [4.78, 5) is 18.1. The number of ketones is 1. The van der Waals surface area contributed by atoms with Crippen molar-refractivity contribution in [2.24, 2.45) is 4.99 Å². The van der Waals surface area contributed by atoms with E-state index >= 15 is 0 Å². The van der Waals surface area contributed by atoms with Crippen LogP contribution in [0.5, 0.6) is 0 Å². The van der Waals surface area contributed by atoms with E-state index in [1.165, 1.54) is 11.1 Å². The van der Waals surface area contributed by atoms with Gasteiger partial charge >= 0.3 is 0 Å². The first kappa shape index (κ1) is 17.9. The Labute approximate surface area is 165 Å². The number of aryl methyl sites for hydroxylation is 2. The van der Waals surface area contributed by atoms with Crippen LogP contribution < -0.4 is 0 Å². The molecule has 28 heavy (non-hydrogen) atoms. The van der Waals surface area contributed by atoms with Gasteiger partial charge in [0.1, 0.15) is 0 Å². The van der Waals surface area contributed by atoms with Crippen LogP contribution in [-0.4, -0.2) is 11.5 Å². The summed E-state index contributed by atoms with van der Waals surface area (Å²) in [6, 6.07) is 25.8. The minimum atomic E-state index is 0.0248. The lowest BCUT2D eigenvalue weighted by atomic mass is 9.87. The number of benzene rings is 3. The summed E-state index contributed by atoms with van der Waals surface area (Å²) < 4.78 is 0. The second-order valence-corrected chi connectivity index (χ2v) is 7.06. The van der Waals surface area contributed by atoms with E-state index in [1.807, 2.05) is 72.8 Å². The third-order valence-corrected chi connectivity index (χ3v) is 4.71. The third-order valence-electron chi connectivity index (χ3n) is 4.71. The zero-order valence-corrected chi connectivity index (χ0v) is 16.0. The van der Waals surface area contributed by atoms with Crippen LogP contribution in [0, 0.1) is 13.8 Å². The number of nitrogens with zero attached hydrogens (tertiary/aromatic N) is 1. The molecule has 0 atom stereocenters. The van der Waals surface area contributed by atoms with E-state index in [0.717, 1.165) is 22.5 Å². The highest BCUT2D eigenvalue weighted by molar-refractivity contribution is 6.49. The molecule has 0 radical (unpaired) electrons. The minimum Gasteiger partial charge on any atom is -0.289 e. The molecule has 0 aliphatic heterocycles. The molecular weight excluding hydrogens is 342 g/mol. The Morgan fingerprint density at radius 1 is 0.643 bits per heavy atom. The molecule has 0 saturated carbocycles. The highest BCUT2D eigenvalue weighted by atomic mass is 16.1. The van der Waals surface area contributed by atoms with Gasteiger partial charge in [0.05, 0.1) is 11.4 Å². The lowest BCUT2D eigenvalue weighted by Gasteiger charge is -2.16. The summed E-state index contributed by atoms with van der Waals surface area (Å²) in [5, 5.41) is 0. The molecule has 0 spiro atoms. The van der Waals surface area contributed by atoms with Crippen molar-refractivity contribution in [2.75, 3.05) is 0 Å². The number of hydrogen-bond acceptors (Lipinski definition) is 2. The van der Waals surface area contributed by atoms with Crippen molar-refractivity contribution in [3.8, 4) is 0 Å². The molecule has 0 aromatic heterocycles. The van der Waals surface area contributed by atoms with Crippen molar-refractivity contribution in [3.05, 3.63) is 113 Å². The van der Waals surface area contributed by atoms with Gasteiger partial charge in [-0.1, -0.05) is 66.7 Å². The van der Waals surface area contributed by atoms with Crippen molar-refractivity contribution in [1.29, 1.82) is 0 Å². The van der Waals surface area contributed by atoms with Crippen molar-refractivity contribution < 1.29 is 4.79 Å². The maximum atomic E-state index is 13.2. The standard InChI is InChI=1S/C26H21NO/c1-18-13-19(2)15-22(14-18)27-23-16-24(20-9-5-3-6-10-20)26(28)25(17-23)21-11-7-4-8-12-21/h3-17H,1-2H3. The highest BCUT2D eigenvalue weighted by Gasteiger charge is 2.23. The van der Waals surface area contributed by atoms with Crippen LogP contribution >= 0.6 is 0 Å². The van der Waals surface area contributed by atoms with Gasteiger partial charge in [0.25, 0.3) is 0 Å². The van der Waals surface area contributed by atoms with E-state index in [1.54, 1.807) is 0 Å². The normalized spacial score (nSPS) is 13.8. The third kappa shape index (κ3) is 3.77. The summed E-state index contributed by atoms with van der Waals surface area (Å²) in [6.07, 6.45) is 3.78. The lowest BCUT2D eigenvalue weighted by Crippen LogP contribution is -2.13. The first-order valence-electron chi connectivity index (χ1n) is 9.36. The largest absolute Gasteiger partial charge is 0.289 e. The molecule has 1 aliphatic carbocycles. The van der Waals surface area contributed by atoms with E-state index in [9.17, 15) is 4.79 Å². The number of carbonyl (C=O) groups excluding carboxylic acids is 1. The Kier molecular flexibility index (Phi) is 4.86. The van der Waals surface area contributed by atoms with Gasteiger partial charge in [0.2, 0.25) is 0 Å². The zero-order valence-electron chi connectivity index (χ0n) is 16.0. The van der Waals surface area contributed by atoms with Crippen LogP contribution in [-0.2, 0) is 4.79 Å². The second kappa shape index (κ2) is 7.61. The monoisotopic (exact) mass is 363 g/mol. The summed E-state index contributed by atoms with van der Waals surface area (Å²) in [6.45, 7) is 4.13. The van der Waals surface area contributed by atoms with Crippen LogP contribution in [0.4, 0.5) is 5.69 Å². The first-order chi connectivity index (χ1) is 13.6. The highest BCUT2D eigenvalue weighted by Crippen LogP contribution is 2.30. The quantitative estimate of drug-likeness (QED) is 0.515. The van der Waals surface area contributed by atoms with Crippen molar-refractivity contribution in [3.63, 3.8) is 0 Å². The predicted molar refractivity (Wildman–Crippen MR) is 117 cm³/mol. The minimum absolute atomic E-state index is 0.0248. The molecule has 136 valence electrons. The fraction of sp³-hybridized carbons (Fsp3) is 0.0769. The molecule has 2 heteroatoms. The number of hydrogen-bond donors (Lipinski definition) is 0. The Morgan fingerprint density at radius 3 is 1.57 bits per heavy atom. The summed E-state index contributed by atoms with van der Waals surface area (Å²) in [5.41, 5.74) is 7.17. The van der Waals surface area contributed by atoms with Gasteiger partial charge in [-0.25, -0.2) is 4.99 Å². The topological polar surface area (TPSA) is 29.4 Å². The second-order valence-electron chi connectivity index (χ2n) is 7.06. The van der Waals surface area contributed by atoms with Gasteiger partial charge in [-0.05, 0) is 60.4 Å². The van der Waals surface area contributed by atoms with E-state index in [-0.39, 0.29) is 5.78 Å². The summed E-state index contributed by atoms with van der Waals surface area (Å²) in [7, 11) is 0. The van der Waals surface area contributed by atoms with Crippen molar-refractivity contribution >= 4 is 28.3 Å². The molecule has 0 unspecified atom stereocenters. The van der Waals surface area contributed by atoms with Crippen LogP contribution in [0.2, 0.25) is 0 Å². The lowest BCUT2D eigenvalue weighted by molar-refractivity contribution is -0.108. The van der Waals surface area contributed by atoms with E-state index in [2.05, 4.69) is 32.0 Å². The van der Waals surface area contributed by atoms with Gasteiger partial charge in [0.15, 0.2) is 5.78 Å². The molecular formula is C26H21NO. The number of aliphatic imine (C=N–C) groups is 1. The Balaban J connectivity index is 1.87. The summed E-state index contributed by atoms with van der Waals surface area (Å²) in [5.74, 6) is 0.0248. The SMILES string of the molecule is Cc1cc(C)cc(N=C2C=C(c3ccccc3)C(=O)C(c3ccccc3)=C2)c1. The molecule has 0 fully saturated rings. The van der Waals surface area contributed by atoms with Gasteiger partial charge in [-0.3, -0.25) is 4.79 Å². The molecule has 0 amide bonds. The number of Topliss-reactive ketones (excluding diaryl/α,β-unsaturated/α-hetero) is 1. The summed E-state index contributed by atoms with van der Waals surface area (Å²) >= 11 is 0. The van der Waals surface area contributed by atoms with E-state index in [0.29, 0.717) is 11.1 Å². The maximum Gasteiger partial charge on any atom is 0.194 e. The average Bonchev–Trinajstić information content (AvgIpc) is 2.70. The molecule has 0 bridgehead atoms. The molecule has 2 nitrogen and oxygen atoms in total. The first-order valence-corrected chi connectivity index (χ1v) is 9.36. The van der Waals surface area contributed by atoms with Crippen molar-refractivity contribution in [1.82, 2.24) is 0 Å². The van der Waals surface area contributed by atoms with E-state index in [4.69, 9.17) is 4.99 Å². The van der Waals surface area contributed by atoms with Gasteiger partial charge in [-0.15, -0.1) is 0 Å². The Hall–Kier alpha value is -3.52. The predicted octanol–water partition coefficient (Wildman–Crippen LogP) is 6.13. The van der Waals surface area contributed by atoms with Crippen LogP contribution in [0.15, 0.2) is 96.0 Å². The number of allylic oxidation sites excluding steroid dienone is 4. The van der Waals surface area contributed by atoms with E-state index < -0.39 is 0 Å². The average molecular weight is 363 g/mol. The molecule has 4 rings (SSSR count). The van der Waals surface area contributed by atoms with Crippen LogP contribution in [0.1, 0.15) is 22.3 Å². The Bertz CT molecular complexity index is 1040. The fourth-order valence-electron chi connectivity index (χ4n) is 3.51. The molecule has 1 aliphatic rings. The number of rotatable bonds is 3. The smallest absolute Gasteiger partial charge is 0.194 e. The van der Waals surface area contributed by atoms with Crippen LogP contribution in [0.25, 0.3) is 11.1 Å². The van der Waals surface area contributed by atoms with Gasteiger partial charge < -0.3 is 0 Å². The molecule has 3 aromatic carbocycles. The molecule has 0 heterocycles. The molecule has 0 N–H and O–H groups in total. The zero-order chi connectivity index (χ0) is 19.5. The molecule has 3 aromatic rings.